The molecule has 1 aromatic heterocycles. The molecule has 0 aliphatic rings. The van der Waals surface area contributed by atoms with Crippen molar-refractivity contribution in [2.75, 3.05) is 13.2 Å². The van der Waals surface area contributed by atoms with E-state index < -0.39 is 0 Å². The molecule has 4 heteroatoms. The van der Waals surface area contributed by atoms with Crippen molar-refractivity contribution in [1.29, 1.82) is 0 Å². The van der Waals surface area contributed by atoms with Gasteiger partial charge in [-0.3, -0.25) is 0 Å². The van der Waals surface area contributed by atoms with Gasteiger partial charge in [0.2, 0.25) is 0 Å². The summed E-state index contributed by atoms with van der Waals surface area (Å²) >= 11 is 1.47. The van der Waals surface area contributed by atoms with Gasteiger partial charge in [-0.2, -0.15) is 0 Å². The summed E-state index contributed by atoms with van der Waals surface area (Å²) in [4.78, 5) is 0. The molecular formula is C8H10FNOS. The van der Waals surface area contributed by atoms with E-state index in [0.717, 1.165) is 5.06 Å². The molecular weight excluding hydrogens is 177 g/mol. The van der Waals surface area contributed by atoms with Crippen LogP contribution < -0.4 is 10.5 Å². The zero-order valence-electron chi connectivity index (χ0n) is 6.50. The van der Waals surface area contributed by atoms with Crippen LogP contribution in [0.1, 0.15) is 0 Å². The SMILES string of the molecule is NCC(=CF)COc1cccs1. The summed E-state index contributed by atoms with van der Waals surface area (Å²) in [5.41, 5.74) is 5.70. The third-order valence-corrected chi connectivity index (χ3v) is 2.09. The van der Waals surface area contributed by atoms with Crippen LogP contribution in [0.25, 0.3) is 0 Å². The zero-order chi connectivity index (χ0) is 8.81. The van der Waals surface area contributed by atoms with Gasteiger partial charge in [0, 0.05) is 12.1 Å². The van der Waals surface area contributed by atoms with E-state index in [0.29, 0.717) is 11.9 Å². The van der Waals surface area contributed by atoms with Gasteiger partial charge < -0.3 is 10.5 Å². The Hall–Kier alpha value is -0.870. The molecule has 2 nitrogen and oxygen atoms in total. The third kappa shape index (κ3) is 2.64. The van der Waals surface area contributed by atoms with E-state index in [1.165, 1.54) is 11.3 Å². The lowest BCUT2D eigenvalue weighted by atomic mass is 10.3. The van der Waals surface area contributed by atoms with Crippen LogP contribution in [-0.2, 0) is 0 Å². The van der Waals surface area contributed by atoms with Crippen LogP contribution in [0.15, 0.2) is 29.4 Å². The fraction of sp³-hybridized carbons (Fsp3) is 0.250. The molecule has 12 heavy (non-hydrogen) atoms. The standard InChI is InChI=1S/C8H10FNOS/c9-4-7(5-10)6-11-8-2-1-3-12-8/h1-4H,5-6,10H2. The van der Waals surface area contributed by atoms with E-state index in [1.54, 1.807) is 0 Å². The first kappa shape index (κ1) is 9.22. The van der Waals surface area contributed by atoms with E-state index in [2.05, 4.69) is 0 Å². The molecule has 0 amide bonds. The van der Waals surface area contributed by atoms with Crippen molar-refractivity contribution in [2.45, 2.75) is 0 Å². The molecule has 1 aromatic rings. The summed E-state index contributed by atoms with van der Waals surface area (Å²) in [6.07, 6.45) is 0.494. The topological polar surface area (TPSA) is 35.2 Å². The number of halogens is 1. The van der Waals surface area contributed by atoms with Crippen molar-refractivity contribution < 1.29 is 9.13 Å². The van der Waals surface area contributed by atoms with Gasteiger partial charge in [0.25, 0.3) is 0 Å². The molecule has 1 rings (SSSR count). The summed E-state index contributed by atoms with van der Waals surface area (Å²) < 4.78 is 17.2. The smallest absolute Gasteiger partial charge is 0.174 e. The molecule has 1 heterocycles. The Morgan fingerprint density at radius 3 is 3.08 bits per heavy atom. The first-order valence-electron chi connectivity index (χ1n) is 3.51. The maximum atomic E-state index is 12.0. The molecule has 0 fully saturated rings. The van der Waals surface area contributed by atoms with Gasteiger partial charge in [0.1, 0.15) is 6.61 Å². The second-order valence-electron chi connectivity index (χ2n) is 2.19. The van der Waals surface area contributed by atoms with Gasteiger partial charge in [-0.15, -0.1) is 11.3 Å². The molecule has 0 atom stereocenters. The van der Waals surface area contributed by atoms with Crippen LogP contribution in [0, 0.1) is 0 Å². The Kier molecular flexibility index (Phi) is 3.76. The molecule has 0 unspecified atom stereocenters. The second-order valence-corrected chi connectivity index (χ2v) is 3.10. The van der Waals surface area contributed by atoms with E-state index in [1.807, 2.05) is 17.5 Å². The maximum Gasteiger partial charge on any atom is 0.174 e. The molecule has 2 N–H and O–H groups in total. The molecule has 0 radical (unpaired) electrons. The number of hydrogen-bond acceptors (Lipinski definition) is 3. The lowest BCUT2D eigenvalue weighted by molar-refractivity contribution is 0.357. The minimum Gasteiger partial charge on any atom is -0.480 e. The second kappa shape index (κ2) is 4.90. The predicted octanol–water partition coefficient (Wildman–Crippen LogP) is 1.94. The van der Waals surface area contributed by atoms with Gasteiger partial charge in [-0.1, -0.05) is 0 Å². The molecule has 0 aliphatic heterocycles. The highest BCUT2D eigenvalue weighted by Gasteiger charge is 1.97. The Balaban J connectivity index is 2.35. The lowest BCUT2D eigenvalue weighted by Crippen LogP contribution is -2.10. The molecule has 0 saturated heterocycles. The van der Waals surface area contributed by atoms with Crippen molar-refractivity contribution in [3.05, 3.63) is 29.4 Å². The quantitative estimate of drug-likeness (QED) is 0.781. The minimum atomic E-state index is 0.196. The number of rotatable bonds is 4. The van der Waals surface area contributed by atoms with E-state index in [-0.39, 0.29) is 13.2 Å². The number of ether oxygens (including phenoxy) is 1. The number of hydrogen-bond donors (Lipinski definition) is 1. The highest BCUT2D eigenvalue weighted by molar-refractivity contribution is 7.11. The van der Waals surface area contributed by atoms with Crippen LogP contribution in [0.4, 0.5) is 4.39 Å². The Morgan fingerprint density at radius 2 is 2.58 bits per heavy atom. The van der Waals surface area contributed by atoms with Crippen molar-refractivity contribution in [2.24, 2.45) is 5.73 Å². The van der Waals surface area contributed by atoms with Gasteiger partial charge in [0.05, 0.1) is 6.33 Å². The van der Waals surface area contributed by atoms with Gasteiger partial charge in [-0.05, 0) is 17.5 Å². The fourth-order valence-corrected chi connectivity index (χ4v) is 1.22. The number of nitrogens with two attached hydrogens (primary N) is 1. The molecule has 0 aliphatic carbocycles. The largest absolute Gasteiger partial charge is 0.480 e. The van der Waals surface area contributed by atoms with Crippen molar-refractivity contribution in [1.82, 2.24) is 0 Å². The van der Waals surface area contributed by atoms with Crippen LogP contribution in [-0.4, -0.2) is 13.2 Å². The van der Waals surface area contributed by atoms with Crippen LogP contribution in [0.2, 0.25) is 0 Å². The third-order valence-electron chi connectivity index (χ3n) is 1.31. The first-order valence-corrected chi connectivity index (χ1v) is 4.39. The molecule has 66 valence electrons. The summed E-state index contributed by atoms with van der Waals surface area (Å²) in [5.74, 6) is 0. The number of thiophene rings is 1. The van der Waals surface area contributed by atoms with E-state index in [4.69, 9.17) is 10.5 Å². The molecule has 0 bridgehead atoms. The predicted molar refractivity (Wildman–Crippen MR) is 48.1 cm³/mol. The van der Waals surface area contributed by atoms with Crippen molar-refractivity contribution >= 4 is 11.3 Å². The Bertz CT molecular complexity index is 246. The maximum absolute atomic E-state index is 12.0. The van der Waals surface area contributed by atoms with Crippen LogP contribution in [0.3, 0.4) is 0 Å². The summed E-state index contributed by atoms with van der Waals surface area (Å²) in [6.45, 7) is 0.426. The van der Waals surface area contributed by atoms with Crippen molar-refractivity contribution in [3.8, 4) is 5.06 Å². The summed E-state index contributed by atoms with van der Waals surface area (Å²) in [7, 11) is 0. The molecule has 0 saturated carbocycles. The first-order chi connectivity index (χ1) is 5.86. The van der Waals surface area contributed by atoms with Crippen LogP contribution in [0.5, 0.6) is 5.06 Å². The molecule has 0 aromatic carbocycles. The normalized spacial score (nSPS) is 11.7. The molecule has 0 spiro atoms. The van der Waals surface area contributed by atoms with Crippen molar-refractivity contribution in [3.63, 3.8) is 0 Å². The summed E-state index contributed by atoms with van der Waals surface area (Å²) in [5, 5.41) is 2.68. The highest BCUT2D eigenvalue weighted by atomic mass is 32.1. The summed E-state index contributed by atoms with van der Waals surface area (Å²) in [6, 6.07) is 3.71. The van der Waals surface area contributed by atoms with Gasteiger partial charge in [-0.25, -0.2) is 4.39 Å². The average Bonchev–Trinajstić information content (AvgIpc) is 2.59. The Morgan fingerprint density at radius 1 is 1.75 bits per heavy atom. The fourth-order valence-electron chi connectivity index (χ4n) is 0.644. The van der Waals surface area contributed by atoms with Gasteiger partial charge >= 0.3 is 0 Å². The minimum absolute atomic E-state index is 0.196. The van der Waals surface area contributed by atoms with Crippen LogP contribution >= 0.6 is 11.3 Å². The van der Waals surface area contributed by atoms with E-state index in [9.17, 15) is 4.39 Å². The van der Waals surface area contributed by atoms with E-state index >= 15 is 0 Å². The lowest BCUT2D eigenvalue weighted by Gasteiger charge is -2.03. The highest BCUT2D eigenvalue weighted by Crippen LogP contribution is 2.18. The zero-order valence-corrected chi connectivity index (χ0v) is 7.31. The average molecular weight is 187 g/mol. The Labute approximate surface area is 74.5 Å². The monoisotopic (exact) mass is 187 g/mol. The van der Waals surface area contributed by atoms with Gasteiger partial charge in [0.15, 0.2) is 5.06 Å².